The summed E-state index contributed by atoms with van der Waals surface area (Å²) in [6, 6.07) is 6.59. The zero-order valence-electron chi connectivity index (χ0n) is 16.1. The Morgan fingerprint density at radius 3 is 2.38 bits per heavy atom. The van der Waals surface area contributed by atoms with Crippen LogP contribution in [0.5, 0.6) is 0 Å². The molecule has 1 rings (SSSR count). The van der Waals surface area contributed by atoms with Gasteiger partial charge in [-0.25, -0.2) is 0 Å². The van der Waals surface area contributed by atoms with E-state index in [0.29, 0.717) is 0 Å². The number of hydrogen-bond donors (Lipinski definition) is 0. The average molecular weight is 322 g/mol. The molecule has 128 valence electrons. The normalized spacial score (nSPS) is 13.7. The molecule has 0 aromatic heterocycles. The molecule has 0 amide bonds. The van der Waals surface area contributed by atoms with E-state index in [1.54, 1.807) is 0 Å². The maximum Gasteiger partial charge on any atom is 0.0599 e. The van der Waals surface area contributed by atoms with Gasteiger partial charge in [0.15, 0.2) is 0 Å². The van der Waals surface area contributed by atoms with Gasteiger partial charge < -0.3 is 0 Å². The number of rotatable bonds is 7. The van der Waals surface area contributed by atoms with Crippen LogP contribution in [0.1, 0.15) is 50.8 Å². The summed E-state index contributed by atoms with van der Waals surface area (Å²) in [5.41, 5.74) is 8.61. The highest BCUT2D eigenvalue weighted by atomic mass is 14.7. The first kappa shape index (κ1) is 19.9. The van der Waals surface area contributed by atoms with Crippen molar-refractivity contribution in [3.63, 3.8) is 0 Å². The first-order valence-corrected chi connectivity index (χ1v) is 8.65. The van der Waals surface area contributed by atoms with Crippen LogP contribution in [0.3, 0.4) is 0 Å². The molecule has 1 aromatic carbocycles. The fourth-order valence-electron chi connectivity index (χ4n) is 2.26. The fraction of sp³-hybridized carbons (Fsp3) is 0.348. The third kappa shape index (κ3) is 6.16. The molecule has 0 atom stereocenters. The highest BCUT2D eigenvalue weighted by Crippen LogP contribution is 2.18. The van der Waals surface area contributed by atoms with Gasteiger partial charge in [0, 0.05) is 6.21 Å². The van der Waals surface area contributed by atoms with Gasteiger partial charge in [-0.15, -0.1) is 0 Å². The van der Waals surface area contributed by atoms with Crippen LogP contribution in [-0.2, 0) is 0 Å². The first-order valence-electron chi connectivity index (χ1n) is 8.65. The van der Waals surface area contributed by atoms with Gasteiger partial charge in [-0.1, -0.05) is 55.5 Å². The van der Waals surface area contributed by atoms with Crippen LogP contribution in [0.25, 0.3) is 5.57 Å². The minimum absolute atomic E-state index is 0.761. The topological polar surface area (TPSA) is 12.4 Å². The monoisotopic (exact) mass is 321 g/mol. The Morgan fingerprint density at radius 1 is 1.12 bits per heavy atom. The molecule has 0 unspecified atom stereocenters. The molecular weight excluding hydrogens is 290 g/mol. The van der Waals surface area contributed by atoms with Gasteiger partial charge in [-0.05, 0) is 74.4 Å². The number of nitrogens with zero attached hydrogens (tertiary/aromatic N) is 1. The van der Waals surface area contributed by atoms with Gasteiger partial charge in [0.2, 0.25) is 0 Å². The molecule has 0 aliphatic heterocycles. The Kier molecular flexibility index (Phi) is 8.18. The number of benzene rings is 1. The molecule has 0 bridgehead atoms. The Labute approximate surface area is 148 Å². The molecule has 1 aromatic rings. The third-order valence-electron chi connectivity index (χ3n) is 4.36. The van der Waals surface area contributed by atoms with Crippen molar-refractivity contribution < 1.29 is 0 Å². The summed E-state index contributed by atoms with van der Waals surface area (Å²) < 4.78 is 0. The van der Waals surface area contributed by atoms with E-state index in [9.17, 15) is 0 Å². The lowest BCUT2D eigenvalue weighted by Gasteiger charge is -2.06. The Hall–Kier alpha value is -2.15. The smallest absolute Gasteiger partial charge is 0.0599 e. The van der Waals surface area contributed by atoms with Crippen molar-refractivity contribution in [2.24, 2.45) is 4.99 Å². The Bertz CT molecular complexity index is 697. The summed E-state index contributed by atoms with van der Waals surface area (Å²) >= 11 is 0. The summed E-state index contributed by atoms with van der Waals surface area (Å²) in [4.78, 5) is 4.56. The number of aryl methyl sites for hydroxylation is 2. The van der Waals surface area contributed by atoms with Crippen molar-refractivity contribution in [1.29, 1.82) is 0 Å². The van der Waals surface area contributed by atoms with E-state index < -0.39 is 0 Å². The van der Waals surface area contributed by atoms with Gasteiger partial charge >= 0.3 is 0 Å². The fourth-order valence-corrected chi connectivity index (χ4v) is 2.26. The maximum atomic E-state index is 4.56. The first-order chi connectivity index (χ1) is 11.4. The van der Waals surface area contributed by atoms with E-state index in [0.717, 1.165) is 24.1 Å². The van der Waals surface area contributed by atoms with Crippen molar-refractivity contribution in [2.45, 2.75) is 48.0 Å². The lowest BCUT2D eigenvalue weighted by molar-refractivity contribution is 1.00. The number of aliphatic imine (C=N–C) groups is 1. The molecular formula is C23H31N. The summed E-state index contributed by atoms with van der Waals surface area (Å²) in [7, 11) is 0. The standard InChI is InChI=1S/C23H31N/c1-8-21(9-2)15-24-16-23(17(3)4)13-11-19(6)22-12-10-18(5)20(7)14-22/h8,10-14,16H,3,9,15H2,1-2,4-7H3/b19-11+,21-8-,23-13-,24-16?. The third-order valence-corrected chi connectivity index (χ3v) is 4.36. The van der Waals surface area contributed by atoms with Crippen LogP contribution in [0.15, 0.2) is 64.7 Å². The van der Waals surface area contributed by atoms with Crippen molar-refractivity contribution in [3.8, 4) is 0 Å². The van der Waals surface area contributed by atoms with Gasteiger partial charge in [0.25, 0.3) is 0 Å². The summed E-state index contributed by atoms with van der Waals surface area (Å²) in [6.45, 7) is 17.5. The molecule has 1 nitrogen and oxygen atoms in total. The average Bonchev–Trinajstić information content (AvgIpc) is 2.56. The van der Waals surface area contributed by atoms with E-state index in [4.69, 9.17) is 0 Å². The maximum absolute atomic E-state index is 4.56. The van der Waals surface area contributed by atoms with Crippen LogP contribution in [0.4, 0.5) is 0 Å². The largest absolute Gasteiger partial charge is 0.288 e. The van der Waals surface area contributed by atoms with Gasteiger partial charge in [-0.3, -0.25) is 4.99 Å². The molecule has 0 spiro atoms. The van der Waals surface area contributed by atoms with E-state index in [1.165, 1.54) is 27.8 Å². The highest BCUT2D eigenvalue weighted by Gasteiger charge is 1.99. The minimum atomic E-state index is 0.761. The second kappa shape index (κ2) is 9.87. The second-order valence-electron chi connectivity index (χ2n) is 6.32. The van der Waals surface area contributed by atoms with Crippen LogP contribution in [-0.4, -0.2) is 12.8 Å². The van der Waals surface area contributed by atoms with Gasteiger partial charge in [0.1, 0.15) is 0 Å². The molecule has 0 aliphatic rings. The molecule has 0 saturated heterocycles. The van der Waals surface area contributed by atoms with E-state index >= 15 is 0 Å². The molecule has 1 heteroatoms. The molecule has 0 heterocycles. The van der Waals surface area contributed by atoms with Gasteiger partial charge in [0.05, 0.1) is 6.54 Å². The van der Waals surface area contributed by atoms with Crippen molar-refractivity contribution in [1.82, 2.24) is 0 Å². The van der Waals surface area contributed by atoms with Gasteiger partial charge in [-0.2, -0.15) is 0 Å². The zero-order chi connectivity index (χ0) is 18.1. The lowest BCUT2D eigenvalue weighted by Crippen LogP contribution is -1.91. The quantitative estimate of drug-likeness (QED) is 0.303. The van der Waals surface area contributed by atoms with E-state index in [2.05, 4.69) is 82.6 Å². The summed E-state index contributed by atoms with van der Waals surface area (Å²) in [5.74, 6) is 0. The van der Waals surface area contributed by atoms with Crippen LogP contribution >= 0.6 is 0 Å². The SMILES string of the molecule is C=C(C)/C(C=NC/C(=C\C)CC)=C\C=C(/C)c1ccc(C)c(C)c1. The second-order valence-corrected chi connectivity index (χ2v) is 6.32. The van der Waals surface area contributed by atoms with Crippen LogP contribution in [0.2, 0.25) is 0 Å². The summed E-state index contributed by atoms with van der Waals surface area (Å²) in [5, 5.41) is 0. The van der Waals surface area contributed by atoms with E-state index in [1.807, 2.05) is 13.1 Å². The lowest BCUT2D eigenvalue weighted by atomic mass is 10.0. The van der Waals surface area contributed by atoms with Crippen molar-refractivity contribution in [3.05, 3.63) is 76.4 Å². The molecule has 24 heavy (non-hydrogen) atoms. The molecule has 0 radical (unpaired) electrons. The summed E-state index contributed by atoms with van der Waals surface area (Å²) in [6.07, 6.45) is 9.39. The predicted octanol–water partition coefficient (Wildman–Crippen LogP) is 6.64. The predicted molar refractivity (Wildman–Crippen MR) is 110 cm³/mol. The number of hydrogen-bond acceptors (Lipinski definition) is 1. The highest BCUT2D eigenvalue weighted by molar-refractivity contribution is 5.85. The Morgan fingerprint density at radius 2 is 1.83 bits per heavy atom. The Balaban J connectivity index is 2.97. The van der Waals surface area contributed by atoms with Crippen molar-refractivity contribution >= 4 is 11.8 Å². The molecule has 0 N–H and O–H groups in total. The van der Waals surface area contributed by atoms with E-state index in [-0.39, 0.29) is 0 Å². The van der Waals surface area contributed by atoms with Crippen LogP contribution < -0.4 is 0 Å². The molecule has 0 fully saturated rings. The zero-order valence-corrected chi connectivity index (χ0v) is 16.1. The molecule has 0 saturated carbocycles. The minimum Gasteiger partial charge on any atom is -0.288 e. The number of allylic oxidation sites excluding steroid dienone is 6. The molecule has 0 aliphatic carbocycles. The van der Waals surface area contributed by atoms with Crippen molar-refractivity contribution in [2.75, 3.05) is 6.54 Å². The van der Waals surface area contributed by atoms with Crippen LogP contribution in [0, 0.1) is 13.8 Å².